The van der Waals surface area contributed by atoms with E-state index >= 15 is 0 Å². The summed E-state index contributed by atoms with van der Waals surface area (Å²) in [5.74, 6) is -2.04. The van der Waals surface area contributed by atoms with Gasteiger partial charge in [-0.05, 0) is 18.9 Å². The quantitative estimate of drug-likeness (QED) is 0.334. The number of piperidine rings is 1. The highest BCUT2D eigenvalue weighted by Crippen LogP contribution is 2.80. The van der Waals surface area contributed by atoms with Gasteiger partial charge in [0, 0.05) is 76.2 Å². The van der Waals surface area contributed by atoms with E-state index in [1.165, 1.54) is 14.0 Å². The van der Waals surface area contributed by atoms with Gasteiger partial charge in [0.2, 0.25) is 0 Å². The predicted octanol–water partition coefficient (Wildman–Crippen LogP) is -0.841. The van der Waals surface area contributed by atoms with Gasteiger partial charge in [-0.25, -0.2) is 0 Å². The molecule has 1 aliphatic heterocycles. The van der Waals surface area contributed by atoms with E-state index in [2.05, 4.69) is 4.90 Å². The molecule has 10 nitrogen and oxygen atoms in total. The molecule has 6 rings (SSSR count). The van der Waals surface area contributed by atoms with Gasteiger partial charge >= 0.3 is 5.97 Å². The number of hydrogen-bond donors (Lipinski definition) is 4. The van der Waals surface area contributed by atoms with Crippen LogP contribution in [0.2, 0.25) is 0 Å². The first-order chi connectivity index (χ1) is 17.0. The van der Waals surface area contributed by atoms with E-state index in [0.29, 0.717) is 19.5 Å². The van der Waals surface area contributed by atoms with E-state index in [1.54, 1.807) is 14.2 Å². The standard InChI is InChI=1S/C26H41NO9/c1-6-27-10-23(11-33-3)16(29)8-17(36-12(2)28)25-14-7-13-15(34-4)9-24(31,18(14)19(13)30)26(32,22(25)27)21(35-5)20(23)25/h13-22,29-32H,6-11H2,1-5H3/t13-,14-,15+,16-,17+,18-,19+,20-,21+,22?,23+,24-,25+,26+/m1/s1. The fraction of sp³-hybridized carbons (Fsp3) is 0.962. The number of nitrogens with zero attached hydrogens (tertiary/aromatic N) is 1. The molecule has 6 fully saturated rings. The number of methoxy groups -OCH3 is 3. The van der Waals surface area contributed by atoms with Crippen LogP contribution in [-0.2, 0) is 23.7 Å². The highest BCUT2D eigenvalue weighted by atomic mass is 16.5. The number of fused-ring (bicyclic) bond motifs is 2. The molecule has 1 unspecified atom stereocenters. The molecule has 0 aromatic rings. The minimum Gasteiger partial charge on any atom is -0.462 e. The lowest BCUT2D eigenvalue weighted by Crippen LogP contribution is -2.83. The van der Waals surface area contributed by atoms with Crippen LogP contribution in [0.4, 0.5) is 0 Å². The number of aliphatic hydroxyl groups excluding tert-OH is 2. The van der Waals surface area contributed by atoms with Crippen LogP contribution in [0.25, 0.3) is 0 Å². The number of carbonyl (C=O) groups is 1. The molecule has 1 heterocycles. The van der Waals surface area contributed by atoms with E-state index < -0.39 is 76.4 Å². The van der Waals surface area contributed by atoms with Crippen molar-refractivity contribution >= 4 is 5.97 Å². The Morgan fingerprint density at radius 3 is 2.42 bits per heavy atom. The number of ether oxygens (including phenoxy) is 4. The third kappa shape index (κ3) is 2.45. The maximum atomic E-state index is 13.0. The van der Waals surface area contributed by atoms with Crippen LogP contribution in [0.5, 0.6) is 0 Å². The summed E-state index contributed by atoms with van der Waals surface area (Å²) in [4.78, 5) is 14.6. The molecular weight excluding hydrogens is 470 g/mol. The third-order valence-electron chi connectivity index (χ3n) is 11.6. The Kier molecular flexibility index (Phi) is 5.54. The van der Waals surface area contributed by atoms with E-state index in [4.69, 9.17) is 18.9 Å². The van der Waals surface area contributed by atoms with Crippen molar-refractivity contribution in [2.75, 3.05) is 41.0 Å². The van der Waals surface area contributed by atoms with Gasteiger partial charge in [0.15, 0.2) is 0 Å². The highest BCUT2D eigenvalue weighted by molar-refractivity contribution is 5.66. The van der Waals surface area contributed by atoms with Crippen molar-refractivity contribution in [3.05, 3.63) is 0 Å². The first-order valence-electron chi connectivity index (χ1n) is 13.3. The molecule has 0 amide bonds. The van der Waals surface area contributed by atoms with Gasteiger partial charge < -0.3 is 39.4 Å². The van der Waals surface area contributed by atoms with Crippen molar-refractivity contribution in [3.63, 3.8) is 0 Å². The summed E-state index contributed by atoms with van der Waals surface area (Å²) in [6.45, 7) is 4.60. The van der Waals surface area contributed by atoms with Crippen molar-refractivity contribution in [1.29, 1.82) is 0 Å². The van der Waals surface area contributed by atoms with Gasteiger partial charge in [0.1, 0.15) is 17.3 Å². The zero-order valence-electron chi connectivity index (χ0n) is 21.8. The average Bonchev–Trinajstić information content (AvgIpc) is 3.19. The molecule has 14 atom stereocenters. The second kappa shape index (κ2) is 7.85. The lowest BCUT2D eigenvalue weighted by atomic mass is 9.42. The lowest BCUT2D eigenvalue weighted by molar-refractivity contribution is -0.324. The number of rotatable bonds is 6. The molecule has 6 aliphatic rings. The molecule has 1 saturated heterocycles. The zero-order valence-corrected chi connectivity index (χ0v) is 21.8. The number of carbonyl (C=O) groups excluding carboxylic acids is 1. The summed E-state index contributed by atoms with van der Waals surface area (Å²) in [5, 5.41) is 49.0. The molecule has 0 aromatic carbocycles. The van der Waals surface area contributed by atoms with Gasteiger partial charge in [0.25, 0.3) is 0 Å². The second-order valence-electron chi connectivity index (χ2n) is 12.4. The van der Waals surface area contributed by atoms with Crippen LogP contribution in [0, 0.1) is 34.5 Å². The van der Waals surface area contributed by atoms with Gasteiger partial charge in [0.05, 0.1) is 37.1 Å². The molecule has 0 radical (unpaired) electrons. The first kappa shape index (κ1) is 25.4. The molecule has 5 aliphatic carbocycles. The smallest absolute Gasteiger partial charge is 0.302 e. The third-order valence-corrected chi connectivity index (χ3v) is 11.6. The summed E-state index contributed by atoms with van der Waals surface area (Å²) in [6.07, 6.45) is -2.82. The van der Waals surface area contributed by atoms with Crippen molar-refractivity contribution < 1.29 is 44.2 Å². The molecular formula is C26H41NO9. The minimum atomic E-state index is -1.80. The Morgan fingerprint density at radius 1 is 1.11 bits per heavy atom. The summed E-state index contributed by atoms with van der Waals surface area (Å²) < 4.78 is 23.7. The van der Waals surface area contributed by atoms with Crippen molar-refractivity contribution in [1.82, 2.24) is 4.90 Å². The molecule has 204 valence electrons. The van der Waals surface area contributed by atoms with Gasteiger partial charge in [-0.15, -0.1) is 0 Å². The summed E-state index contributed by atoms with van der Waals surface area (Å²) in [6, 6.07) is -0.598. The van der Waals surface area contributed by atoms with Gasteiger partial charge in [-0.1, -0.05) is 6.92 Å². The fourth-order valence-electron chi connectivity index (χ4n) is 11.0. The molecule has 36 heavy (non-hydrogen) atoms. The average molecular weight is 512 g/mol. The Morgan fingerprint density at radius 2 is 1.83 bits per heavy atom. The molecule has 4 N–H and O–H groups in total. The molecule has 1 spiro atoms. The maximum absolute atomic E-state index is 13.0. The largest absolute Gasteiger partial charge is 0.462 e. The molecule has 10 heteroatoms. The Balaban J connectivity index is 1.69. The van der Waals surface area contributed by atoms with E-state index in [9.17, 15) is 25.2 Å². The summed E-state index contributed by atoms with van der Waals surface area (Å²) >= 11 is 0. The second-order valence-corrected chi connectivity index (χ2v) is 12.4. The maximum Gasteiger partial charge on any atom is 0.302 e. The van der Waals surface area contributed by atoms with E-state index in [0.717, 1.165) is 0 Å². The number of esters is 1. The fourth-order valence-corrected chi connectivity index (χ4v) is 11.0. The zero-order chi connectivity index (χ0) is 26.0. The van der Waals surface area contributed by atoms with Crippen LogP contribution >= 0.6 is 0 Å². The van der Waals surface area contributed by atoms with Crippen molar-refractivity contribution in [3.8, 4) is 0 Å². The number of likely N-dealkylation sites (N-methyl/N-ethyl adjacent to an activating group) is 1. The van der Waals surface area contributed by atoms with Gasteiger partial charge in [-0.3, -0.25) is 9.69 Å². The molecule has 0 aromatic heterocycles. The number of aliphatic hydroxyl groups is 4. The topological polar surface area (TPSA) is 138 Å². The Bertz CT molecular complexity index is 935. The van der Waals surface area contributed by atoms with E-state index in [1.807, 2.05) is 6.92 Å². The van der Waals surface area contributed by atoms with Crippen LogP contribution < -0.4 is 0 Å². The SMILES string of the molecule is CCN1C[C@]2(COC)[C@H](O)C[C@H](OC(C)=O)[C@]34C1[C@@](O)([C@@H](OC)[C@H]23)[C@@]1(O)C[C@H](OC)[C@H]2C[C@@H]4[C@@H]1[C@H]2O. The van der Waals surface area contributed by atoms with Gasteiger partial charge in [-0.2, -0.15) is 0 Å². The lowest BCUT2D eigenvalue weighted by Gasteiger charge is -2.70. The van der Waals surface area contributed by atoms with Crippen molar-refractivity contribution in [2.45, 2.75) is 80.9 Å². The van der Waals surface area contributed by atoms with Crippen molar-refractivity contribution in [2.24, 2.45) is 34.5 Å². The Hall–Kier alpha value is -0.850. The van der Waals surface area contributed by atoms with Crippen LogP contribution in [0.3, 0.4) is 0 Å². The van der Waals surface area contributed by atoms with Crippen LogP contribution in [0.15, 0.2) is 0 Å². The minimum absolute atomic E-state index is 0.178. The van der Waals surface area contributed by atoms with Crippen LogP contribution in [0.1, 0.15) is 33.1 Å². The highest BCUT2D eigenvalue weighted by Gasteiger charge is 2.92. The number of hydrogen-bond acceptors (Lipinski definition) is 10. The van der Waals surface area contributed by atoms with Crippen LogP contribution in [-0.4, -0.2) is 120 Å². The summed E-state index contributed by atoms with van der Waals surface area (Å²) in [5.41, 5.74) is -5.17. The normalized spacial score (nSPS) is 58.7. The molecule has 7 bridgehead atoms. The molecule has 5 saturated carbocycles. The Labute approximate surface area is 211 Å². The summed E-state index contributed by atoms with van der Waals surface area (Å²) in [7, 11) is 4.72. The predicted molar refractivity (Wildman–Crippen MR) is 125 cm³/mol. The van der Waals surface area contributed by atoms with E-state index in [-0.39, 0.29) is 31.3 Å². The number of likely N-dealkylation sites (tertiary alicyclic amines) is 1. The first-order valence-corrected chi connectivity index (χ1v) is 13.3. The monoisotopic (exact) mass is 511 g/mol.